The molecule has 0 aromatic heterocycles. The number of nitriles is 1. The Kier molecular flexibility index (Phi) is 6.31. The van der Waals surface area contributed by atoms with Crippen LogP contribution in [-0.2, 0) is 9.53 Å². The lowest BCUT2D eigenvalue weighted by molar-refractivity contribution is -0.137. The van der Waals surface area contributed by atoms with Gasteiger partial charge in [0.15, 0.2) is 0 Å². The summed E-state index contributed by atoms with van der Waals surface area (Å²) in [7, 11) is 0. The van der Waals surface area contributed by atoms with Gasteiger partial charge in [0.25, 0.3) is 0 Å². The summed E-state index contributed by atoms with van der Waals surface area (Å²) in [6.45, 7) is 8.07. The first-order valence-electron chi connectivity index (χ1n) is 6.80. The quantitative estimate of drug-likeness (QED) is 0.454. The Morgan fingerprint density at radius 1 is 1.25 bits per heavy atom. The van der Waals surface area contributed by atoms with Gasteiger partial charge in [-0.25, -0.2) is 4.79 Å². The molecular formula is C16H20N2O2. The molecule has 0 aliphatic carbocycles. The summed E-state index contributed by atoms with van der Waals surface area (Å²) in [6, 6.07) is 9.63. The molecular weight excluding hydrogens is 252 g/mol. The minimum Gasteiger partial charge on any atom is -0.462 e. The van der Waals surface area contributed by atoms with E-state index in [4.69, 9.17) is 10.00 Å². The van der Waals surface area contributed by atoms with Crippen LogP contribution in [0.1, 0.15) is 26.3 Å². The fourth-order valence-electron chi connectivity index (χ4n) is 1.88. The Morgan fingerprint density at radius 3 is 2.30 bits per heavy atom. The van der Waals surface area contributed by atoms with Crippen molar-refractivity contribution >= 4 is 17.7 Å². The van der Waals surface area contributed by atoms with Gasteiger partial charge in [-0.2, -0.15) is 5.26 Å². The van der Waals surface area contributed by atoms with Gasteiger partial charge in [0, 0.05) is 18.8 Å². The molecule has 1 rings (SSSR count). The van der Waals surface area contributed by atoms with Crippen LogP contribution in [0.2, 0.25) is 0 Å². The van der Waals surface area contributed by atoms with Gasteiger partial charge in [0.1, 0.15) is 11.6 Å². The predicted octanol–water partition coefficient (Wildman–Crippen LogP) is 3.00. The van der Waals surface area contributed by atoms with Crippen molar-refractivity contribution in [1.82, 2.24) is 0 Å². The van der Waals surface area contributed by atoms with Gasteiger partial charge < -0.3 is 9.64 Å². The fraction of sp³-hybridized carbons (Fsp3) is 0.375. The summed E-state index contributed by atoms with van der Waals surface area (Å²) in [6.07, 6.45) is 1.55. The average molecular weight is 272 g/mol. The number of nitrogens with zero attached hydrogens (tertiary/aromatic N) is 2. The van der Waals surface area contributed by atoms with Gasteiger partial charge in [-0.05, 0) is 44.5 Å². The van der Waals surface area contributed by atoms with E-state index in [9.17, 15) is 4.79 Å². The zero-order valence-electron chi connectivity index (χ0n) is 12.2. The van der Waals surface area contributed by atoms with Crippen LogP contribution in [0.15, 0.2) is 29.8 Å². The van der Waals surface area contributed by atoms with E-state index in [1.165, 1.54) is 0 Å². The predicted molar refractivity (Wildman–Crippen MR) is 80.2 cm³/mol. The number of rotatable bonds is 6. The normalized spacial score (nSPS) is 10.8. The summed E-state index contributed by atoms with van der Waals surface area (Å²) in [5.41, 5.74) is 1.95. The molecule has 20 heavy (non-hydrogen) atoms. The van der Waals surface area contributed by atoms with E-state index in [2.05, 4.69) is 18.7 Å². The number of hydrogen-bond donors (Lipinski definition) is 0. The van der Waals surface area contributed by atoms with E-state index < -0.39 is 5.97 Å². The number of benzene rings is 1. The molecule has 0 amide bonds. The van der Waals surface area contributed by atoms with Crippen LogP contribution in [0.3, 0.4) is 0 Å². The van der Waals surface area contributed by atoms with E-state index >= 15 is 0 Å². The molecule has 0 N–H and O–H groups in total. The number of carbonyl (C=O) groups is 1. The van der Waals surface area contributed by atoms with Crippen molar-refractivity contribution < 1.29 is 9.53 Å². The number of ether oxygens (including phenoxy) is 1. The zero-order chi connectivity index (χ0) is 15.0. The zero-order valence-corrected chi connectivity index (χ0v) is 12.2. The highest BCUT2D eigenvalue weighted by Crippen LogP contribution is 2.16. The molecule has 4 nitrogen and oxygen atoms in total. The first kappa shape index (κ1) is 15.8. The van der Waals surface area contributed by atoms with Gasteiger partial charge >= 0.3 is 5.97 Å². The maximum absolute atomic E-state index is 11.5. The molecule has 0 bridgehead atoms. The van der Waals surface area contributed by atoms with Crippen molar-refractivity contribution in [2.24, 2.45) is 0 Å². The molecule has 106 valence electrons. The van der Waals surface area contributed by atoms with Crippen LogP contribution in [0, 0.1) is 11.3 Å². The van der Waals surface area contributed by atoms with Crippen molar-refractivity contribution in [2.45, 2.75) is 20.8 Å². The minimum absolute atomic E-state index is 0.0161. The van der Waals surface area contributed by atoms with Crippen LogP contribution in [0.5, 0.6) is 0 Å². The van der Waals surface area contributed by atoms with Crippen LogP contribution in [0.25, 0.3) is 6.08 Å². The van der Waals surface area contributed by atoms with E-state index in [0.29, 0.717) is 0 Å². The molecule has 0 saturated carbocycles. The Balaban J connectivity index is 2.93. The molecule has 0 fully saturated rings. The number of hydrogen-bond acceptors (Lipinski definition) is 4. The second kappa shape index (κ2) is 8.00. The molecule has 0 unspecified atom stereocenters. The van der Waals surface area contributed by atoms with Gasteiger partial charge in [0.05, 0.1) is 6.61 Å². The molecule has 0 radical (unpaired) electrons. The molecule has 0 spiro atoms. The molecule has 0 saturated heterocycles. The van der Waals surface area contributed by atoms with Gasteiger partial charge in [-0.15, -0.1) is 0 Å². The second-order valence-corrected chi connectivity index (χ2v) is 4.15. The first-order chi connectivity index (χ1) is 9.65. The van der Waals surface area contributed by atoms with Crippen molar-refractivity contribution in [3.05, 3.63) is 35.4 Å². The summed E-state index contributed by atoms with van der Waals surface area (Å²) >= 11 is 0. The Bertz CT molecular complexity index is 508. The smallest absolute Gasteiger partial charge is 0.348 e. The standard InChI is InChI=1S/C16H20N2O2/c1-4-18(5-2)15-9-7-13(8-10-15)11-14(12-17)16(19)20-6-3/h7-11H,4-6H2,1-3H3/b14-11-. The molecule has 1 aromatic rings. The van der Waals surface area contributed by atoms with Crippen molar-refractivity contribution in [3.63, 3.8) is 0 Å². The van der Waals surface area contributed by atoms with E-state index in [1.807, 2.05) is 30.3 Å². The summed E-state index contributed by atoms with van der Waals surface area (Å²) in [5.74, 6) is -0.581. The number of carbonyl (C=O) groups excluding carboxylic acids is 1. The second-order valence-electron chi connectivity index (χ2n) is 4.15. The lowest BCUT2D eigenvalue weighted by Gasteiger charge is -2.20. The Morgan fingerprint density at radius 2 is 1.85 bits per heavy atom. The van der Waals surface area contributed by atoms with Crippen molar-refractivity contribution in [2.75, 3.05) is 24.6 Å². The first-order valence-corrected chi connectivity index (χ1v) is 6.80. The summed E-state index contributed by atoms with van der Waals surface area (Å²) in [4.78, 5) is 13.8. The molecule has 0 aliphatic rings. The van der Waals surface area contributed by atoms with Gasteiger partial charge in [-0.3, -0.25) is 0 Å². The Labute approximate surface area is 120 Å². The van der Waals surface area contributed by atoms with E-state index in [-0.39, 0.29) is 12.2 Å². The van der Waals surface area contributed by atoms with Gasteiger partial charge in [-0.1, -0.05) is 12.1 Å². The lowest BCUT2D eigenvalue weighted by Crippen LogP contribution is -2.21. The van der Waals surface area contributed by atoms with E-state index in [0.717, 1.165) is 24.3 Å². The van der Waals surface area contributed by atoms with E-state index in [1.54, 1.807) is 13.0 Å². The third kappa shape index (κ3) is 4.13. The Hall–Kier alpha value is -2.28. The fourth-order valence-corrected chi connectivity index (χ4v) is 1.88. The largest absolute Gasteiger partial charge is 0.462 e. The highest BCUT2D eigenvalue weighted by atomic mass is 16.5. The average Bonchev–Trinajstić information content (AvgIpc) is 2.47. The SMILES string of the molecule is CCOC(=O)/C(C#N)=C\c1ccc(N(CC)CC)cc1. The third-order valence-electron chi connectivity index (χ3n) is 2.95. The van der Waals surface area contributed by atoms with Crippen LogP contribution >= 0.6 is 0 Å². The minimum atomic E-state index is -0.581. The number of anilines is 1. The van der Waals surface area contributed by atoms with Gasteiger partial charge in [0.2, 0.25) is 0 Å². The highest BCUT2D eigenvalue weighted by Gasteiger charge is 2.09. The van der Waals surface area contributed by atoms with Crippen LogP contribution < -0.4 is 4.90 Å². The maximum Gasteiger partial charge on any atom is 0.348 e. The summed E-state index contributed by atoms with van der Waals surface area (Å²) in [5, 5.41) is 8.98. The number of esters is 1. The van der Waals surface area contributed by atoms with Crippen LogP contribution in [0.4, 0.5) is 5.69 Å². The molecule has 4 heteroatoms. The summed E-state index contributed by atoms with van der Waals surface area (Å²) < 4.78 is 4.83. The highest BCUT2D eigenvalue weighted by molar-refractivity contribution is 5.97. The molecule has 0 atom stereocenters. The molecule has 1 aromatic carbocycles. The molecule has 0 aliphatic heterocycles. The third-order valence-corrected chi connectivity index (χ3v) is 2.95. The van der Waals surface area contributed by atoms with Crippen molar-refractivity contribution in [3.8, 4) is 6.07 Å². The lowest BCUT2D eigenvalue weighted by atomic mass is 10.1. The molecule has 0 heterocycles. The monoisotopic (exact) mass is 272 g/mol. The maximum atomic E-state index is 11.5. The van der Waals surface area contributed by atoms with Crippen LogP contribution in [-0.4, -0.2) is 25.7 Å². The topological polar surface area (TPSA) is 53.3 Å². The van der Waals surface area contributed by atoms with Crippen molar-refractivity contribution in [1.29, 1.82) is 5.26 Å².